The Morgan fingerprint density at radius 3 is 2.80 bits per heavy atom. The lowest BCUT2D eigenvalue weighted by Gasteiger charge is -2.11. The zero-order valence-corrected chi connectivity index (χ0v) is 18.8. The smallest absolute Gasteiger partial charge is 0.420 e. The van der Waals surface area contributed by atoms with E-state index in [2.05, 4.69) is 5.10 Å². The molecule has 0 saturated carbocycles. The molecule has 30 heavy (non-hydrogen) atoms. The van der Waals surface area contributed by atoms with Crippen LogP contribution in [-0.4, -0.2) is 41.2 Å². The molecule has 0 aliphatic heterocycles. The van der Waals surface area contributed by atoms with Crippen LogP contribution in [0.25, 0.3) is 16.7 Å². The molecule has 162 valence electrons. The van der Waals surface area contributed by atoms with Gasteiger partial charge in [0.15, 0.2) is 0 Å². The van der Waals surface area contributed by atoms with Gasteiger partial charge in [-0.3, -0.25) is 4.68 Å². The van der Waals surface area contributed by atoms with E-state index in [0.29, 0.717) is 11.4 Å². The van der Waals surface area contributed by atoms with E-state index in [4.69, 9.17) is 16.3 Å². The maximum absolute atomic E-state index is 12.4. The van der Waals surface area contributed by atoms with E-state index in [9.17, 15) is 13.2 Å². The largest absolute Gasteiger partial charge is 0.449 e. The first-order valence-corrected chi connectivity index (χ1v) is 11.7. The number of carbonyl (C=O) groups excluding carboxylic acids is 1. The van der Waals surface area contributed by atoms with Crippen LogP contribution in [0.2, 0.25) is 5.02 Å². The number of sulfonamides is 1. The van der Waals surface area contributed by atoms with Gasteiger partial charge in [-0.25, -0.2) is 17.9 Å². The van der Waals surface area contributed by atoms with Crippen molar-refractivity contribution in [3.8, 4) is 5.82 Å². The van der Waals surface area contributed by atoms with Crippen LogP contribution in [0.4, 0.5) is 4.79 Å². The number of rotatable bonds is 8. The third-order valence-corrected chi connectivity index (χ3v) is 6.24. The highest BCUT2D eigenvalue weighted by molar-refractivity contribution is 7.90. The molecule has 8 nitrogen and oxygen atoms in total. The number of halogens is 1. The van der Waals surface area contributed by atoms with E-state index in [-0.39, 0.29) is 18.8 Å². The zero-order valence-electron chi connectivity index (χ0n) is 17.2. The van der Waals surface area contributed by atoms with Crippen LogP contribution in [-0.2, 0) is 28.2 Å². The number of unbranched alkanes of at least 4 members (excludes halogenated alkanes) is 1. The molecule has 0 unspecified atom stereocenters. The lowest BCUT2D eigenvalue weighted by molar-refractivity contribution is 0.151. The molecule has 3 rings (SSSR count). The van der Waals surface area contributed by atoms with Crippen LogP contribution in [0.3, 0.4) is 0 Å². The van der Waals surface area contributed by atoms with Gasteiger partial charge in [0.05, 0.1) is 23.6 Å². The maximum atomic E-state index is 12.4. The second-order valence-corrected chi connectivity index (χ2v) is 9.34. The summed E-state index contributed by atoms with van der Waals surface area (Å²) in [4.78, 5) is 11.7. The molecular weight excluding hydrogens is 428 g/mol. The molecule has 0 spiro atoms. The lowest BCUT2D eigenvalue weighted by atomic mass is 10.2. The number of hydrogen-bond acceptors (Lipinski definition) is 5. The molecule has 0 radical (unpaired) electrons. The normalized spacial score (nSPS) is 11.7. The molecule has 10 heteroatoms. The van der Waals surface area contributed by atoms with E-state index >= 15 is 0 Å². The van der Waals surface area contributed by atoms with Gasteiger partial charge in [0.25, 0.3) is 0 Å². The van der Waals surface area contributed by atoms with Crippen molar-refractivity contribution in [2.24, 2.45) is 7.05 Å². The predicted octanol–water partition coefficient (Wildman–Crippen LogP) is 3.72. The van der Waals surface area contributed by atoms with Gasteiger partial charge in [-0.05, 0) is 44.0 Å². The fourth-order valence-electron chi connectivity index (χ4n) is 3.34. The standard InChI is InChI=1S/C20H25ClN4O4S/c1-4-5-11-29-20(26)23-30(27,28)12-9-17-14(2)22-24(3)19(17)25-10-8-15-13-16(21)6-7-18(15)25/h6-8,10,13H,4-5,9,11-12H2,1-3H3,(H,23,26). The van der Waals surface area contributed by atoms with Crippen molar-refractivity contribution in [2.45, 2.75) is 33.1 Å². The quantitative estimate of drug-likeness (QED) is 0.525. The number of fused-ring (bicyclic) bond motifs is 1. The summed E-state index contributed by atoms with van der Waals surface area (Å²) >= 11 is 6.08. The Bertz CT molecular complexity index is 1170. The van der Waals surface area contributed by atoms with Crippen molar-refractivity contribution in [2.75, 3.05) is 12.4 Å². The highest BCUT2D eigenvalue weighted by Crippen LogP contribution is 2.27. The number of aryl methyl sites for hydroxylation is 2. The van der Waals surface area contributed by atoms with Gasteiger partial charge >= 0.3 is 6.09 Å². The topological polar surface area (TPSA) is 95.2 Å². The molecule has 0 fully saturated rings. The van der Waals surface area contributed by atoms with E-state index in [1.165, 1.54) is 0 Å². The summed E-state index contributed by atoms with van der Waals surface area (Å²) in [5, 5.41) is 6.08. The summed E-state index contributed by atoms with van der Waals surface area (Å²) in [6.45, 7) is 3.98. The number of amides is 1. The van der Waals surface area contributed by atoms with Gasteiger partial charge in [-0.2, -0.15) is 5.10 Å². The SMILES string of the molecule is CCCCOC(=O)NS(=O)(=O)CCc1c(C)nn(C)c1-n1ccc2cc(Cl)ccc21. The van der Waals surface area contributed by atoms with E-state index < -0.39 is 16.1 Å². The average molecular weight is 453 g/mol. The van der Waals surface area contributed by atoms with Crippen molar-refractivity contribution in [1.29, 1.82) is 0 Å². The van der Waals surface area contributed by atoms with Crippen LogP contribution in [0.1, 0.15) is 31.0 Å². The molecule has 0 aliphatic rings. The minimum atomic E-state index is -3.85. The van der Waals surface area contributed by atoms with Crippen LogP contribution < -0.4 is 4.72 Å². The molecule has 1 amide bonds. The first-order valence-electron chi connectivity index (χ1n) is 9.68. The van der Waals surface area contributed by atoms with Gasteiger partial charge in [0, 0.05) is 29.2 Å². The zero-order chi connectivity index (χ0) is 21.9. The highest BCUT2D eigenvalue weighted by atomic mass is 35.5. The number of carbonyl (C=O) groups is 1. The molecule has 2 heterocycles. The summed E-state index contributed by atoms with van der Waals surface area (Å²) in [7, 11) is -2.03. The number of ether oxygens (including phenoxy) is 1. The minimum Gasteiger partial charge on any atom is -0.449 e. The maximum Gasteiger partial charge on any atom is 0.420 e. The van der Waals surface area contributed by atoms with Gasteiger partial charge in [0.1, 0.15) is 5.82 Å². The molecule has 2 aromatic heterocycles. The van der Waals surface area contributed by atoms with E-state index in [1.807, 2.05) is 60.6 Å². The molecule has 3 aromatic rings. The first kappa shape index (κ1) is 22.2. The van der Waals surface area contributed by atoms with Crippen molar-refractivity contribution < 1.29 is 17.9 Å². The number of nitrogens with zero attached hydrogens (tertiary/aromatic N) is 3. The lowest BCUT2D eigenvalue weighted by Crippen LogP contribution is -2.33. The fourth-order valence-corrected chi connectivity index (χ4v) is 4.40. The Morgan fingerprint density at radius 1 is 1.30 bits per heavy atom. The summed E-state index contributed by atoms with van der Waals surface area (Å²) in [5.41, 5.74) is 2.45. The van der Waals surface area contributed by atoms with Crippen molar-refractivity contribution in [3.63, 3.8) is 0 Å². The molecule has 0 bridgehead atoms. The van der Waals surface area contributed by atoms with E-state index in [0.717, 1.165) is 34.4 Å². The number of nitrogens with one attached hydrogen (secondary N) is 1. The molecule has 0 saturated heterocycles. The predicted molar refractivity (Wildman–Crippen MR) is 117 cm³/mol. The van der Waals surface area contributed by atoms with Crippen LogP contribution in [0.15, 0.2) is 30.5 Å². The highest BCUT2D eigenvalue weighted by Gasteiger charge is 2.21. The van der Waals surface area contributed by atoms with Crippen LogP contribution in [0, 0.1) is 6.92 Å². The molecule has 0 aliphatic carbocycles. The van der Waals surface area contributed by atoms with E-state index in [1.54, 1.807) is 4.68 Å². The summed E-state index contributed by atoms with van der Waals surface area (Å²) in [6, 6.07) is 7.53. The number of benzene rings is 1. The molecule has 1 aromatic carbocycles. The third kappa shape index (κ3) is 4.96. The van der Waals surface area contributed by atoms with Crippen molar-refractivity contribution >= 4 is 38.6 Å². The Hall–Kier alpha value is -2.52. The average Bonchev–Trinajstić information content (AvgIpc) is 3.18. The summed E-state index contributed by atoms with van der Waals surface area (Å²) < 4.78 is 35.2. The Labute approximate surface area is 180 Å². The Kier molecular flexibility index (Phi) is 6.72. The second kappa shape index (κ2) is 9.09. The summed E-state index contributed by atoms with van der Waals surface area (Å²) in [6.07, 6.45) is 2.68. The molecule has 1 N–H and O–H groups in total. The van der Waals surface area contributed by atoms with Crippen molar-refractivity contribution in [3.05, 3.63) is 46.7 Å². The molecular formula is C20H25ClN4O4S. The van der Waals surface area contributed by atoms with Crippen LogP contribution >= 0.6 is 11.6 Å². The summed E-state index contributed by atoms with van der Waals surface area (Å²) in [5.74, 6) is 0.506. The van der Waals surface area contributed by atoms with Gasteiger partial charge in [-0.15, -0.1) is 0 Å². The number of aromatic nitrogens is 3. The Balaban J connectivity index is 1.81. The Morgan fingerprint density at radius 2 is 2.07 bits per heavy atom. The van der Waals surface area contributed by atoms with Crippen LogP contribution in [0.5, 0.6) is 0 Å². The van der Waals surface area contributed by atoms with Gasteiger partial charge in [-0.1, -0.05) is 24.9 Å². The van der Waals surface area contributed by atoms with Gasteiger partial charge < -0.3 is 9.30 Å². The third-order valence-electron chi connectivity index (χ3n) is 4.78. The fraction of sp³-hybridized carbons (Fsp3) is 0.400. The monoisotopic (exact) mass is 452 g/mol. The minimum absolute atomic E-state index is 0.189. The van der Waals surface area contributed by atoms with Gasteiger partial charge in [0.2, 0.25) is 10.0 Å². The first-order chi connectivity index (χ1) is 14.2. The molecule has 0 atom stereocenters. The number of hydrogen-bond donors (Lipinski definition) is 1. The van der Waals surface area contributed by atoms with Crippen molar-refractivity contribution in [1.82, 2.24) is 19.1 Å². The second-order valence-electron chi connectivity index (χ2n) is 7.06.